The highest BCUT2D eigenvalue weighted by Gasteiger charge is 2.21. The van der Waals surface area contributed by atoms with Crippen LogP contribution in [-0.2, 0) is 12.8 Å². The van der Waals surface area contributed by atoms with E-state index in [-0.39, 0.29) is 0 Å². The first kappa shape index (κ1) is 17.7. The molecule has 3 aliphatic rings. The second kappa shape index (κ2) is 7.95. The monoisotopic (exact) mass is 379 g/mol. The van der Waals surface area contributed by atoms with Crippen molar-refractivity contribution in [3.63, 3.8) is 0 Å². The molecule has 0 radical (unpaired) electrons. The fourth-order valence-electron chi connectivity index (χ4n) is 4.47. The minimum Gasteiger partial charge on any atom is -0.493 e. The van der Waals surface area contributed by atoms with Gasteiger partial charge in [-0.2, -0.15) is 4.98 Å². The molecule has 0 saturated carbocycles. The first-order chi connectivity index (χ1) is 13.8. The molecule has 0 atom stereocenters. The highest BCUT2D eigenvalue weighted by molar-refractivity contribution is 5.44. The third kappa shape index (κ3) is 3.78. The molecule has 3 aliphatic heterocycles. The van der Waals surface area contributed by atoms with E-state index in [1.165, 1.54) is 24.0 Å². The van der Waals surface area contributed by atoms with Gasteiger partial charge in [-0.1, -0.05) is 12.1 Å². The van der Waals surface area contributed by atoms with E-state index in [4.69, 9.17) is 9.72 Å². The van der Waals surface area contributed by atoms with E-state index in [0.717, 1.165) is 82.8 Å². The first-order valence-electron chi connectivity index (χ1n) is 10.6. The maximum Gasteiger partial charge on any atom is 0.227 e. The van der Waals surface area contributed by atoms with Crippen molar-refractivity contribution in [2.45, 2.75) is 25.7 Å². The number of benzene rings is 1. The van der Waals surface area contributed by atoms with Gasteiger partial charge in [0.2, 0.25) is 5.95 Å². The molecule has 4 heterocycles. The van der Waals surface area contributed by atoms with Crippen molar-refractivity contribution >= 4 is 11.8 Å². The van der Waals surface area contributed by atoms with Gasteiger partial charge in [-0.3, -0.25) is 4.90 Å². The van der Waals surface area contributed by atoms with E-state index in [9.17, 15) is 0 Å². The third-order valence-corrected chi connectivity index (χ3v) is 6.18. The van der Waals surface area contributed by atoms with Crippen molar-refractivity contribution in [1.82, 2.24) is 14.9 Å². The Balaban J connectivity index is 1.14. The molecule has 0 unspecified atom stereocenters. The van der Waals surface area contributed by atoms with Crippen molar-refractivity contribution in [1.29, 1.82) is 0 Å². The summed E-state index contributed by atoms with van der Waals surface area (Å²) in [6, 6.07) is 8.74. The molecular formula is C22H29N5O. The quantitative estimate of drug-likeness (QED) is 0.795. The summed E-state index contributed by atoms with van der Waals surface area (Å²) in [5.74, 6) is 3.06. The normalized spacial score (nSPS) is 19.7. The van der Waals surface area contributed by atoms with Crippen LogP contribution in [0.25, 0.3) is 0 Å². The average molecular weight is 380 g/mol. The molecule has 0 spiro atoms. The van der Waals surface area contributed by atoms with Gasteiger partial charge in [0.15, 0.2) is 0 Å². The number of aromatic nitrogens is 2. The lowest BCUT2D eigenvalue weighted by atomic mass is 10.1. The second-order valence-corrected chi connectivity index (χ2v) is 8.03. The number of nitrogens with zero attached hydrogens (tertiary/aromatic N) is 5. The van der Waals surface area contributed by atoms with Crippen molar-refractivity contribution in [3.05, 3.63) is 41.6 Å². The van der Waals surface area contributed by atoms with Crippen LogP contribution in [0.1, 0.15) is 24.0 Å². The van der Waals surface area contributed by atoms with E-state index in [1.807, 2.05) is 12.3 Å². The Hall–Kier alpha value is -2.34. The zero-order valence-corrected chi connectivity index (χ0v) is 16.5. The Labute approximate surface area is 167 Å². The number of piperazine rings is 1. The zero-order valence-electron chi connectivity index (χ0n) is 16.5. The molecule has 6 nitrogen and oxygen atoms in total. The maximum absolute atomic E-state index is 5.61. The highest BCUT2D eigenvalue weighted by Crippen LogP contribution is 2.26. The van der Waals surface area contributed by atoms with E-state index in [2.05, 4.69) is 37.9 Å². The van der Waals surface area contributed by atoms with Gasteiger partial charge in [0.1, 0.15) is 11.6 Å². The molecule has 0 N–H and O–H groups in total. The molecule has 1 aromatic heterocycles. The highest BCUT2D eigenvalue weighted by atomic mass is 16.5. The molecule has 5 rings (SSSR count). The Morgan fingerprint density at radius 3 is 2.64 bits per heavy atom. The van der Waals surface area contributed by atoms with Gasteiger partial charge in [-0.15, -0.1) is 0 Å². The van der Waals surface area contributed by atoms with Gasteiger partial charge in [-0.05, 0) is 42.5 Å². The summed E-state index contributed by atoms with van der Waals surface area (Å²) in [6.45, 7) is 8.35. The summed E-state index contributed by atoms with van der Waals surface area (Å²) in [7, 11) is 0. The predicted molar refractivity (Wildman–Crippen MR) is 111 cm³/mol. The van der Waals surface area contributed by atoms with Crippen molar-refractivity contribution in [2.24, 2.45) is 0 Å². The third-order valence-electron chi connectivity index (χ3n) is 6.18. The van der Waals surface area contributed by atoms with Crippen LogP contribution in [0.15, 0.2) is 30.5 Å². The molecule has 2 saturated heterocycles. The van der Waals surface area contributed by atoms with Crippen LogP contribution in [0.5, 0.6) is 5.75 Å². The van der Waals surface area contributed by atoms with Gasteiger partial charge in [0.25, 0.3) is 0 Å². The Morgan fingerprint density at radius 1 is 0.929 bits per heavy atom. The van der Waals surface area contributed by atoms with Gasteiger partial charge in [0.05, 0.1) is 6.61 Å². The number of hydrogen-bond donors (Lipinski definition) is 0. The van der Waals surface area contributed by atoms with E-state index < -0.39 is 0 Å². The summed E-state index contributed by atoms with van der Waals surface area (Å²) in [5.41, 5.74) is 2.80. The second-order valence-electron chi connectivity index (χ2n) is 8.03. The summed E-state index contributed by atoms with van der Waals surface area (Å²) in [5, 5.41) is 0. The van der Waals surface area contributed by atoms with Crippen LogP contribution in [0, 0.1) is 0 Å². The van der Waals surface area contributed by atoms with Crippen LogP contribution in [0.2, 0.25) is 0 Å². The number of rotatable bonds is 5. The predicted octanol–water partition coefficient (Wildman–Crippen LogP) is 2.38. The molecule has 148 valence electrons. The van der Waals surface area contributed by atoms with Crippen LogP contribution in [-0.4, -0.2) is 67.3 Å². The van der Waals surface area contributed by atoms with E-state index in [0.29, 0.717) is 0 Å². The van der Waals surface area contributed by atoms with Crippen LogP contribution in [0.3, 0.4) is 0 Å². The molecule has 6 heteroatoms. The Morgan fingerprint density at radius 2 is 1.79 bits per heavy atom. The number of anilines is 2. The fourth-order valence-corrected chi connectivity index (χ4v) is 4.47. The summed E-state index contributed by atoms with van der Waals surface area (Å²) in [6.07, 6.45) is 6.62. The van der Waals surface area contributed by atoms with Crippen LogP contribution >= 0.6 is 0 Å². The first-order valence-corrected chi connectivity index (χ1v) is 10.6. The lowest BCUT2D eigenvalue weighted by molar-refractivity contribution is 0.260. The van der Waals surface area contributed by atoms with Gasteiger partial charge in [0, 0.05) is 58.4 Å². The molecule has 2 fully saturated rings. The van der Waals surface area contributed by atoms with Crippen molar-refractivity contribution < 1.29 is 4.74 Å². The Kier molecular flexibility index (Phi) is 5.04. The molecule has 1 aromatic carbocycles. The molecule has 0 bridgehead atoms. The van der Waals surface area contributed by atoms with E-state index in [1.54, 1.807) is 0 Å². The molecule has 2 aromatic rings. The average Bonchev–Trinajstić information content (AvgIpc) is 3.44. The summed E-state index contributed by atoms with van der Waals surface area (Å²) < 4.78 is 5.61. The lowest BCUT2D eigenvalue weighted by Crippen LogP contribution is -2.47. The lowest BCUT2D eigenvalue weighted by Gasteiger charge is -2.35. The molecule has 28 heavy (non-hydrogen) atoms. The topological polar surface area (TPSA) is 44.7 Å². The largest absolute Gasteiger partial charge is 0.493 e. The van der Waals surface area contributed by atoms with Gasteiger partial charge < -0.3 is 14.5 Å². The summed E-state index contributed by atoms with van der Waals surface area (Å²) >= 11 is 0. The van der Waals surface area contributed by atoms with Crippen LogP contribution < -0.4 is 14.5 Å². The number of hydrogen-bond acceptors (Lipinski definition) is 6. The van der Waals surface area contributed by atoms with E-state index >= 15 is 0 Å². The number of ether oxygens (including phenoxy) is 1. The minimum atomic E-state index is 0.835. The smallest absolute Gasteiger partial charge is 0.227 e. The van der Waals surface area contributed by atoms with Gasteiger partial charge >= 0.3 is 0 Å². The minimum absolute atomic E-state index is 0.835. The van der Waals surface area contributed by atoms with Crippen molar-refractivity contribution in [2.75, 3.05) is 62.2 Å². The maximum atomic E-state index is 5.61. The number of fused-ring (bicyclic) bond motifs is 1. The van der Waals surface area contributed by atoms with Crippen molar-refractivity contribution in [3.8, 4) is 5.75 Å². The standard InChI is InChI=1S/C22H29N5O/c1-2-10-26(9-1)21-5-8-23-22(24-21)27-14-12-25(13-15-27)11-6-18-3-4-20-19(17-18)7-16-28-20/h3-5,8,17H,1-2,6-7,9-16H2. The van der Waals surface area contributed by atoms with Crippen LogP contribution in [0.4, 0.5) is 11.8 Å². The van der Waals surface area contributed by atoms with Gasteiger partial charge in [-0.25, -0.2) is 4.98 Å². The molecular weight excluding hydrogens is 350 g/mol. The molecule has 0 aliphatic carbocycles. The zero-order chi connectivity index (χ0) is 18.8. The fraction of sp³-hybridized carbons (Fsp3) is 0.545. The molecule has 0 amide bonds. The summed E-state index contributed by atoms with van der Waals surface area (Å²) in [4.78, 5) is 16.7. The Bertz CT molecular complexity index is 812. The SMILES string of the molecule is c1cc(N2CCCC2)nc(N2CCN(CCc3ccc4c(c3)CCO4)CC2)n1.